The Balaban J connectivity index is 2.43. The average molecular weight is 177 g/mol. The topological polar surface area (TPSA) is 51.8 Å². The molecule has 60 valence electrons. The van der Waals surface area contributed by atoms with Crippen LogP contribution in [0.25, 0.3) is 11.3 Å². The van der Waals surface area contributed by atoms with E-state index >= 15 is 0 Å². The van der Waals surface area contributed by atoms with Crippen LogP contribution in [0, 0.1) is 0 Å². The van der Waals surface area contributed by atoms with Gasteiger partial charge in [0.1, 0.15) is 5.82 Å². The van der Waals surface area contributed by atoms with Gasteiger partial charge in [-0.3, -0.25) is 0 Å². The zero-order chi connectivity index (χ0) is 8.39. The van der Waals surface area contributed by atoms with E-state index in [0.29, 0.717) is 5.82 Å². The summed E-state index contributed by atoms with van der Waals surface area (Å²) in [5.74, 6) is 0.536. The molecule has 2 N–H and O–H groups in total. The van der Waals surface area contributed by atoms with Crippen LogP contribution in [0.3, 0.4) is 0 Å². The molecule has 0 bridgehead atoms. The lowest BCUT2D eigenvalue weighted by Gasteiger charge is -1.95. The number of nitrogens with zero attached hydrogens (tertiary/aromatic N) is 2. The molecule has 0 aromatic carbocycles. The summed E-state index contributed by atoms with van der Waals surface area (Å²) in [6, 6.07) is 3.69. The van der Waals surface area contributed by atoms with Crippen LogP contribution in [0.1, 0.15) is 0 Å². The highest BCUT2D eigenvalue weighted by Gasteiger charge is 1.98. The Morgan fingerprint density at radius 3 is 2.75 bits per heavy atom. The van der Waals surface area contributed by atoms with E-state index in [0.717, 1.165) is 11.3 Å². The molecular weight excluding hydrogens is 170 g/mol. The van der Waals surface area contributed by atoms with Crippen molar-refractivity contribution in [3.63, 3.8) is 0 Å². The molecule has 0 unspecified atom stereocenters. The number of rotatable bonds is 1. The third-order valence-electron chi connectivity index (χ3n) is 1.51. The molecule has 0 saturated heterocycles. The standard InChI is InChI=1S/C8H7N3S/c9-8-2-1-6(3-10-8)7-4-12-5-11-7/h1-5H,(H2,9,10). The van der Waals surface area contributed by atoms with Crippen LogP contribution in [0.15, 0.2) is 29.2 Å². The molecule has 0 radical (unpaired) electrons. The zero-order valence-electron chi connectivity index (χ0n) is 6.27. The van der Waals surface area contributed by atoms with Gasteiger partial charge in [0.25, 0.3) is 0 Å². The zero-order valence-corrected chi connectivity index (χ0v) is 7.08. The molecule has 0 atom stereocenters. The summed E-state index contributed by atoms with van der Waals surface area (Å²) in [5.41, 5.74) is 9.20. The Hall–Kier alpha value is -1.42. The molecule has 2 aromatic heterocycles. The number of hydrogen-bond donors (Lipinski definition) is 1. The van der Waals surface area contributed by atoms with Gasteiger partial charge in [-0.25, -0.2) is 9.97 Å². The third-order valence-corrected chi connectivity index (χ3v) is 2.10. The van der Waals surface area contributed by atoms with Crippen molar-refractivity contribution in [2.24, 2.45) is 0 Å². The van der Waals surface area contributed by atoms with E-state index in [2.05, 4.69) is 9.97 Å². The van der Waals surface area contributed by atoms with Gasteiger partial charge in [0.05, 0.1) is 11.2 Å². The highest BCUT2D eigenvalue weighted by Crippen LogP contribution is 2.17. The van der Waals surface area contributed by atoms with Crippen molar-refractivity contribution in [3.8, 4) is 11.3 Å². The maximum atomic E-state index is 5.45. The monoisotopic (exact) mass is 177 g/mol. The van der Waals surface area contributed by atoms with Crippen molar-refractivity contribution in [2.45, 2.75) is 0 Å². The van der Waals surface area contributed by atoms with Gasteiger partial charge in [-0.05, 0) is 12.1 Å². The largest absolute Gasteiger partial charge is 0.384 e. The summed E-state index contributed by atoms with van der Waals surface area (Å²) in [7, 11) is 0. The summed E-state index contributed by atoms with van der Waals surface area (Å²) < 4.78 is 0. The fourth-order valence-corrected chi connectivity index (χ4v) is 1.47. The third kappa shape index (κ3) is 1.29. The molecule has 4 heteroatoms. The highest BCUT2D eigenvalue weighted by atomic mass is 32.1. The Morgan fingerprint density at radius 1 is 1.25 bits per heavy atom. The van der Waals surface area contributed by atoms with Crippen LogP contribution < -0.4 is 5.73 Å². The first-order valence-corrected chi connectivity index (χ1v) is 4.40. The molecule has 2 rings (SSSR count). The number of nitrogens with two attached hydrogens (primary N) is 1. The van der Waals surface area contributed by atoms with E-state index in [1.807, 2.05) is 11.4 Å². The lowest BCUT2D eigenvalue weighted by Crippen LogP contribution is -1.88. The van der Waals surface area contributed by atoms with Crippen molar-refractivity contribution >= 4 is 17.2 Å². The summed E-state index contributed by atoms with van der Waals surface area (Å²) in [5, 5.41) is 1.98. The van der Waals surface area contributed by atoms with E-state index in [1.165, 1.54) is 0 Å². The minimum absolute atomic E-state index is 0.536. The lowest BCUT2D eigenvalue weighted by molar-refractivity contribution is 1.31. The molecule has 0 amide bonds. The number of pyridine rings is 1. The normalized spacial score (nSPS) is 10.0. The molecule has 2 aromatic rings. The van der Waals surface area contributed by atoms with Crippen molar-refractivity contribution in [3.05, 3.63) is 29.2 Å². The molecule has 2 heterocycles. The molecule has 0 aliphatic carbocycles. The predicted molar refractivity (Wildman–Crippen MR) is 49.8 cm³/mol. The summed E-state index contributed by atoms with van der Waals surface area (Å²) in [6.07, 6.45) is 1.73. The molecule has 0 saturated carbocycles. The SMILES string of the molecule is Nc1ccc(-c2cscn2)cn1. The molecule has 0 fully saturated rings. The summed E-state index contributed by atoms with van der Waals surface area (Å²) in [6.45, 7) is 0. The second-order valence-corrected chi connectivity index (χ2v) is 3.06. The fraction of sp³-hybridized carbons (Fsp3) is 0. The fourth-order valence-electron chi connectivity index (χ4n) is 0.912. The van der Waals surface area contributed by atoms with Gasteiger partial charge in [0.2, 0.25) is 0 Å². The van der Waals surface area contributed by atoms with Crippen LogP contribution >= 0.6 is 11.3 Å². The number of anilines is 1. The van der Waals surface area contributed by atoms with E-state index in [9.17, 15) is 0 Å². The van der Waals surface area contributed by atoms with Crippen LogP contribution in [-0.2, 0) is 0 Å². The van der Waals surface area contributed by atoms with E-state index in [1.54, 1.807) is 29.1 Å². The molecule has 0 aliphatic heterocycles. The van der Waals surface area contributed by atoms with Gasteiger partial charge in [0, 0.05) is 17.1 Å². The van der Waals surface area contributed by atoms with Crippen LogP contribution in [0.5, 0.6) is 0 Å². The summed E-state index contributed by atoms with van der Waals surface area (Å²) >= 11 is 1.57. The van der Waals surface area contributed by atoms with E-state index in [-0.39, 0.29) is 0 Å². The van der Waals surface area contributed by atoms with Gasteiger partial charge in [-0.15, -0.1) is 11.3 Å². The molecule has 12 heavy (non-hydrogen) atoms. The van der Waals surface area contributed by atoms with Gasteiger partial charge in [-0.2, -0.15) is 0 Å². The molecular formula is C8H7N3S. The van der Waals surface area contributed by atoms with Crippen LogP contribution in [-0.4, -0.2) is 9.97 Å². The quantitative estimate of drug-likeness (QED) is 0.722. The maximum absolute atomic E-state index is 5.45. The second-order valence-electron chi connectivity index (χ2n) is 2.35. The van der Waals surface area contributed by atoms with E-state index in [4.69, 9.17) is 5.73 Å². The van der Waals surface area contributed by atoms with Crippen molar-refractivity contribution < 1.29 is 0 Å². The highest BCUT2D eigenvalue weighted by molar-refractivity contribution is 7.07. The number of hydrogen-bond acceptors (Lipinski definition) is 4. The van der Waals surface area contributed by atoms with Crippen molar-refractivity contribution in [2.75, 3.05) is 5.73 Å². The molecule has 0 aliphatic rings. The van der Waals surface area contributed by atoms with Crippen LogP contribution in [0.4, 0.5) is 5.82 Å². The number of thiazole rings is 1. The Labute approximate surface area is 73.9 Å². The number of nitrogen functional groups attached to an aromatic ring is 1. The van der Waals surface area contributed by atoms with Crippen molar-refractivity contribution in [1.82, 2.24) is 9.97 Å². The second kappa shape index (κ2) is 2.91. The number of aromatic nitrogens is 2. The van der Waals surface area contributed by atoms with Crippen LogP contribution in [0.2, 0.25) is 0 Å². The minimum atomic E-state index is 0.536. The lowest BCUT2D eigenvalue weighted by atomic mass is 10.2. The van der Waals surface area contributed by atoms with Gasteiger partial charge in [0.15, 0.2) is 0 Å². The van der Waals surface area contributed by atoms with Crippen molar-refractivity contribution in [1.29, 1.82) is 0 Å². The molecule has 0 spiro atoms. The Kier molecular flexibility index (Phi) is 1.75. The molecule has 3 nitrogen and oxygen atoms in total. The first kappa shape index (κ1) is 7.24. The first-order chi connectivity index (χ1) is 5.86. The average Bonchev–Trinajstić information content (AvgIpc) is 2.58. The Bertz CT molecular complexity index is 352. The van der Waals surface area contributed by atoms with Gasteiger partial charge in [-0.1, -0.05) is 0 Å². The van der Waals surface area contributed by atoms with E-state index < -0.39 is 0 Å². The maximum Gasteiger partial charge on any atom is 0.123 e. The Morgan fingerprint density at radius 2 is 2.17 bits per heavy atom. The van der Waals surface area contributed by atoms with Gasteiger partial charge < -0.3 is 5.73 Å². The minimum Gasteiger partial charge on any atom is -0.384 e. The predicted octanol–water partition coefficient (Wildman–Crippen LogP) is 1.79. The van der Waals surface area contributed by atoms with Gasteiger partial charge >= 0.3 is 0 Å². The summed E-state index contributed by atoms with van der Waals surface area (Å²) in [4.78, 5) is 8.13. The smallest absolute Gasteiger partial charge is 0.123 e. The first-order valence-electron chi connectivity index (χ1n) is 3.46.